The number of piperazine rings is 1. The van der Waals surface area contributed by atoms with Crippen LogP contribution in [0.25, 0.3) is 0 Å². The third-order valence-electron chi connectivity index (χ3n) is 3.55. The molecule has 1 heterocycles. The van der Waals surface area contributed by atoms with Crippen LogP contribution in [-0.4, -0.2) is 61.8 Å². The van der Waals surface area contributed by atoms with Crippen molar-refractivity contribution in [2.24, 2.45) is 5.73 Å². The van der Waals surface area contributed by atoms with Crippen molar-refractivity contribution < 1.29 is 13.2 Å². The van der Waals surface area contributed by atoms with E-state index in [4.69, 9.17) is 5.73 Å². The first-order chi connectivity index (χ1) is 9.01. The number of nitrogens with two attached hydrogens (primary N) is 1. The molecule has 0 aromatic heterocycles. The van der Waals surface area contributed by atoms with Gasteiger partial charge in [0.25, 0.3) is 0 Å². The molecule has 0 spiro atoms. The molecule has 0 atom stereocenters. The predicted molar refractivity (Wildman–Crippen MR) is 71.1 cm³/mol. The molecule has 1 aliphatic rings. The number of hydrogen-bond donors (Lipinski definition) is 1. The van der Waals surface area contributed by atoms with Crippen LogP contribution in [0.4, 0.5) is 13.2 Å². The molecule has 0 saturated carbocycles. The van der Waals surface area contributed by atoms with Crippen LogP contribution in [0.1, 0.15) is 32.1 Å². The Balaban J connectivity index is 2.01. The highest BCUT2D eigenvalue weighted by molar-refractivity contribution is 4.73. The standard InChI is InChI=1S/C13H26F3N3/c14-13(15,16)12-19-10-8-18(9-11-19)7-5-3-1-2-4-6-17/h1-12,17H2. The van der Waals surface area contributed by atoms with Gasteiger partial charge in [-0.1, -0.05) is 19.3 Å². The van der Waals surface area contributed by atoms with Crippen LogP contribution in [0.5, 0.6) is 0 Å². The van der Waals surface area contributed by atoms with Crippen molar-refractivity contribution in [1.82, 2.24) is 9.80 Å². The number of hydrogen-bond acceptors (Lipinski definition) is 3. The molecule has 0 unspecified atom stereocenters. The Kier molecular flexibility index (Phi) is 7.71. The number of nitrogens with zero attached hydrogens (tertiary/aromatic N) is 2. The smallest absolute Gasteiger partial charge is 0.330 e. The van der Waals surface area contributed by atoms with E-state index in [1.165, 1.54) is 24.2 Å². The van der Waals surface area contributed by atoms with Crippen LogP contribution in [0.3, 0.4) is 0 Å². The molecule has 114 valence electrons. The molecule has 1 aliphatic heterocycles. The predicted octanol–water partition coefficient (Wildman–Crippen LogP) is 2.08. The van der Waals surface area contributed by atoms with E-state index in [0.717, 1.165) is 39.0 Å². The summed E-state index contributed by atoms with van der Waals surface area (Å²) in [5, 5.41) is 0. The molecular formula is C13H26F3N3. The second-order valence-corrected chi connectivity index (χ2v) is 5.29. The fraction of sp³-hybridized carbons (Fsp3) is 1.00. The highest BCUT2D eigenvalue weighted by Gasteiger charge is 2.31. The zero-order valence-corrected chi connectivity index (χ0v) is 11.6. The van der Waals surface area contributed by atoms with E-state index in [1.54, 1.807) is 0 Å². The van der Waals surface area contributed by atoms with E-state index in [2.05, 4.69) is 4.90 Å². The third-order valence-corrected chi connectivity index (χ3v) is 3.55. The second kappa shape index (κ2) is 8.76. The van der Waals surface area contributed by atoms with Crippen LogP contribution >= 0.6 is 0 Å². The molecule has 1 fully saturated rings. The SMILES string of the molecule is NCCCCCCCN1CCN(CC(F)(F)F)CC1. The Morgan fingerprint density at radius 3 is 1.89 bits per heavy atom. The maximum absolute atomic E-state index is 12.2. The van der Waals surface area contributed by atoms with Gasteiger partial charge in [-0.2, -0.15) is 13.2 Å². The normalized spacial score (nSPS) is 18.9. The Hall–Kier alpha value is -0.330. The van der Waals surface area contributed by atoms with Gasteiger partial charge < -0.3 is 10.6 Å². The molecular weight excluding hydrogens is 255 g/mol. The Bertz CT molecular complexity index is 226. The summed E-state index contributed by atoms with van der Waals surface area (Å²) in [4.78, 5) is 3.77. The molecule has 0 amide bonds. The number of rotatable bonds is 8. The monoisotopic (exact) mass is 281 g/mol. The molecule has 6 heteroatoms. The summed E-state index contributed by atoms with van der Waals surface area (Å²) in [6, 6.07) is 0. The van der Waals surface area contributed by atoms with Crippen molar-refractivity contribution in [3.05, 3.63) is 0 Å². The molecule has 0 aromatic rings. The van der Waals surface area contributed by atoms with E-state index in [1.807, 2.05) is 0 Å². The Labute approximate surface area is 113 Å². The van der Waals surface area contributed by atoms with Gasteiger partial charge in [0.1, 0.15) is 0 Å². The zero-order chi connectivity index (χ0) is 14.1. The van der Waals surface area contributed by atoms with Crippen molar-refractivity contribution in [3.8, 4) is 0 Å². The summed E-state index contributed by atoms with van der Waals surface area (Å²) in [6.45, 7) is 3.61. The molecule has 1 saturated heterocycles. The lowest BCUT2D eigenvalue weighted by Gasteiger charge is -2.34. The topological polar surface area (TPSA) is 32.5 Å². The summed E-state index contributed by atoms with van der Waals surface area (Å²) in [5.74, 6) is 0. The van der Waals surface area contributed by atoms with Crippen molar-refractivity contribution in [3.63, 3.8) is 0 Å². The first-order valence-electron chi connectivity index (χ1n) is 7.23. The van der Waals surface area contributed by atoms with Gasteiger partial charge in [0.05, 0.1) is 6.54 Å². The largest absolute Gasteiger partial charge is 0.401 e. The van der Waals surface area contributed by atoms with Crippen LogP contribution < -0.4 is 5.73 Å². The van der Waals surface area contributed by atoms with Crippen molar-refractivity contribution in [2.45, 2.75) is 38.3 Å². The average molecular weight is 281 g/mol. The minimum absolute atomic E-state index is 0.534. The molecule has 0 bridgehead atoms. The fourth-order valence-electron chi connectivity index (χ4n) is 2.43. The molecule has 2 N–H and O–H groups in total. The average Bonchev–Trinajstić information content (AvgIpc) is 2.34. The van der Waals surface area contributed by atoms with Gasteiger partial charge in [-0.15, -0.1) is 0 Å². The van der Waals surface area contributed by atoms with Crippen LogP contribution in [-0.2, 0) is 0 Å². The van der Waals surface area contributed by atoms with Crippen LogP contribution in [0, 0.1) is 0 Å². The van der Waals surface area contributed by atoms with Gasteiger partial charge in [0, 0.05) is 26.2 Å². The summed E-state index contributed by atoms with van der Waals surface area (Å²) in [6.07, 6.45) is 1.77. The van der Waals surface area contributed by atoms with Gasteiger partial charge in [0.2, 0.25) is 0 Å². The molecule has 0 aromatic carbocycles. The van der Waals surface area contributed by atoms with Gasteiger partial charge in [-0.05, 0) is 25.9 Å². The van der Waals surface area contributed by atoms with E-state index >= 15 is 0 Å². The summed E-state index contributed by atoms with van der Waals surface area (Å²) in [7, 11) is 0. The molecule has 3 nitrogen and oxygen atoms in total. The molecule has 0 radical (unpaired) electrons. The zero-order valence-electron chi connectivity index (χ0n) is 11.6. The van der Waals surface area contributed by atoms with Crippen molar-refractivity contribution >= 4 is 0 Å². The van der Waals surface area contributed by atoms with Gasteiger partial charge in [-0.3, -0.25) is 4.90 Å². The third kappa shape index (κ3) is 8.44. The summed E-state index contributed by atoms with van der Waals surface area (Å²) >= 11 is 0. The lowest BCUT2D eigenvalue weighted by Crippen LogP contribution is -2.49. The lowest BCUT2D eigenvalue weighted by molar-refractivity contribution is -0.149. The first-order valence-corrected chi connectivity index (χ1v) is 7.23. The Morgan fingerprint density at radius 1 is 0.789 bits per heavy atom. The van der Waals surface area contributed by atoms with E-state index in [9.17, 15) is 13.2 Å². The quantitative estimate of drug-likeness (QED) is 0.691. The Morgan fingerprint density at radius 2 is 1.32 bits per heavy atom. The minimum atomic E-state index is -4.06. The first kappa shape index (κ1) is 16.7. The number of halogens is 3. The minimum Gasteiger partial charge on any atom is -0.330 e. The van der Waals surface area contributed by atoms with Crippen LogP contribution in [0.15, 0.2) is 0 Å². The highest BCUT2D eigenvalue weighted by Crippen LogP contribution is 2.17. The maximum Gasteiger partial charge on any atom is 0.401 e. The molecule has 0 aliphatic carbocycles. The maximum atomic E-state index is 12.2. The van der Waals surface area contributed by atoms with Crippen molar-refractivity contribution in [2.75, 3.05) is 45.8 Å². The fourth-order valence-corrected chi connectivity index (χ4v) is 2.43. The van der Waals surface area contributed by atoms with Gasteiger partial charge in [0.15, 0.2) is 0 Å². The van der Waals surface area contributed by atoms with Gasteiger partial charge in [-0.25, -0.2) is 0 Å². The molecule has 1 rings (SSSR count). The molecule has 19 heavy (non-hydrogen) atoms. The second-order valence-electron chi connectivity index (χ2n) is 5.29. The summed E-state index contributed by atoms with van der Waals surface area (Å²) in [5.41, 5.74) is 5.42. The number of alkyl halides is 3. The van der Waals surface area contributed by atoms with Crippen LogP contribution in [0.2, 0.25) is 0 Å². The van der Waals surface area contributed by atoms with Gasteiger partial charge >= 0.3 is 6.18 Å². The van der Waals surface area contributed by atoms with E-state index in [-0.39, 0.29) is 0 Å². The van der Waals surface area contributed by atoms with E-state index in [0.29, 0.717) is 13.1 Å². The number of unbranched alkanes of at least 4 members (excludes halogenated alkanes) is 4. The van der Waals surface area contributed by atoms with E-state index < -0.39 is 12.7 Å². The highest BCUT2D eigenvalue weighted by atomic mass is 19.4. The van der Waals surface area contributed by atoms with Crippen molar-refractivity contribution in [1.29, 1.82) is 0 Å². The lowest BCUT2D eigenvalue weighted by atomic mass is 10.1. The summed E-state index contributed by atoms with van der Waals surface area (Å²) < 4.78 is 36.7.